The average molecular weight is 725 g/mol. The van der Waals surface area contributed by atoms with Crippen LogP contribution >= 0.6 is 7.82 Å². The van der Waals surface area contributed by atoms with Crippen LogP contribution in [0.15, 0.2) is 34.3 Å². The van der Waals surface area contributed by atoms with E-state index in [1.165, 1.54) is 10.8 Å². The second kappa shape index (κ2) is 13.7. The second-order valence-electron chi connectivity index (χ2n) is 12.9. The molecule has 1 aromatic heterocycles. The number of amides is 2. The molecular weight excluding hydrogens is 689 g/mol. The molecule has 0 radical (unpaired) electrons. The molecule has 3 aliphatic heterocycles. The zero-order chi connectivity index (χ0) is 36.0. The Balaban J connectivity index is 1.25. The third-order valence-electron chi connectivity index (χ3n) is 9.44. The number of ether oxygens (including phenoxy) is 3. The van der Waals surface area contributed by atoms with Gasteiger partial charge in [0.15, 0.2) is 11.3 Å². The van der Waals surface area contributed by atoms with Crippen molar-refractivity contribution < 1.29 is 61.1 Å². The van der Waals surface area contributed by atoms with Crippen LogP contribution in [0.5, 0.6) is 5.75 Å². The van der Waals surface area contributed by atoms with Crippen molar-refractivity contribution in [3.8, 4) is 5.75 Å². The summed E-state index contributed by atoms with van der Waals surface area (Å²) < 4.78 is 60.2. The van der Waals surface area contributed by atoms with E-state index in [1.807, 2.05) is 6.92 Å². The van der Waals surface area contributed by atoms with Crippen LogP contribution in [0.2, 0.25) is 0 Å². The predicted octanol–water partition coefficient (Wildman–Crippen LogP) is 3.01. The molecule has 5 atom stereocenters. The molecule has 19 heteroatoms. The largest absolute Gasteiger partial charge is 0.511 e. The molecular formula is C31H35F2N4O12P. The Labute approximate surface area is 283 Å². The van der Waals surface area contributed by atoms with Gasteiger partial charge in [0.25, 0.3) is 11.8 Å². The molecule has 2 bridgehead atoms. The molecule has 16 nitrogen and oxygen atoms in total. The minimum Gasteiger partial charge on any atom is -0.451 e. The molecule has 1 aromatic carbocycles. The summed E-state index contributed by atoms with van der Waals surface area (Å²) in [4.78, 5) is 78.9. The Bertz CT molecular complexity index is 1850. The Morgan fingerprint density at radius 3 is 2.64 bits per heavy atom. The van der Waals surface area contributed by atoms with Crippen LogP contribution in [0.25, 0.3) is 0 Å². The number of aromatic nitrogens is 1. The molecule has 1 saturated heterocycles. The van der Waals surface area contributed by atoms with Crippen LogP contribution in [-0.4, -0.2) is 81.1 Å². The van der Waals surface area contributed by atoms with Gasteiger partial charge in [0.2, 0.25) is 18.0 Å². The molecule has 2 aromatic rings. The van der Waals surface area contributed by atoms with Gasteiger partial charge < -0.3 is 43.6 Å². The number of rotatable bonds is 11. The van der Waals surface area contributed by atoms with Crippen LogP contribution in [0, 0.1) is 23.5 Å². The lowest BCUT2D eigenvalue weighted by molar-refractivity contribution is -0.0658. The van der Waals surface area contributed by atoms with Gasteiger partial charge in [0, 0.05) is 43.4 Å². The highest BCUT2D eigenvalue weighted by molar-refractivity contribution is 7.46. The van der Waals surface area contributed by atoms with E-state index in [-0.39, 0.29) is 48.9 Å². The minimum absolute atomic E-state index is 0.0393. The third kappa shape index (κ3) is 7.38. The van der Waals surface area contributed by atoms with Crippen LogP contribution in [0.4, 0.5) is 13.6 Å². The summed E-state index contributed by atoms with van der Waals surface area (Å²) in [5.74, 6) is -4.21. The molecule has 1 spiro atoms. The number of carbonyl (C=O) groups is 3. The smallest absolute Gasteiger partial charge is 0.451 e. The lowest BCUT2D eigenvalue weighted by atomic mass is 9.84. The number of phosphoric ester groups is 1. The van der Waals surface area contributed by atoms with Crippen molar-refractivity contribution in [1.29, 1.82) is 0 Å². The lowest BCUT2D eigenvalue weighted by Gasteiger charge is -2.42. The zero-order valence-corrected chi connectivity index (χ0v) is 27.9. The molecule has 4 aliphatic rings. The maximum atomic E-state index is 14.3. The first-order valence-electron chi connectivity index (χ1n) is 15.8. The van der Waals surface area contributed by atoms with Crippen molar-refractivity contribution in [2.24, 2.45) is 17.0 Å². The first kappa shape index (κ1) is 35.4. The topological polar surface area (TPSA) is 205 Å². The van der Waals surface area contributed by atoms with Gasteiger partial charge in [-0.1, -0.05) is 11.2 Å². The summed E-state index contributed by atoms with van der Waals surface area (Å²) in [5.41, 5.74) is -1.91. The van der Waals surface area contributed by atoms with Gasteiger partial charge in [-0.05, 0) is 51.0 Å². The first-order chi connectivity index (χ1) is 23.7. The van der Waals surface area contributed by atoms with Crippen molar-refractivity contribution in [2.75, 3.05) is 26.6 Å². The second-order valence-corrected chi connectivity index (χ2v) is 14.1. The molecule has 0 unspecified atom stereocenters. The lowest BCUT2D eigenvalue weighted by Crippen LogP contribution is -2.52. The molecule has 1 aliphatic carbocycles. The maximum absolute atomic E-state index is 14.3. The molecule has 2 fully saturated rings. The summed E-state index contributed by atoms with van der Waals surface area (Å²) in [6.07, 6.45) is 2.02. The number of halogens is 2. The van der Waals surface area contributed by atoms with Gasteiger partial charge in [0.05, 0.1) is 25.0 Å². The van der Waals surface area contributed by atoms with Gasteiger partial charge in [-0.2, -0.15) is 0 Å². The highest BCUT2D eigenvalue weighted by atomic mass is 31.2. The number of fused-ring (bicyclic) bond motifs is 5. The van der Waals surface area contributed by atoms with Crippen LogP contribution < -0.4 is 15.5 Å². The van der Waals surface area contributed by atoms with E-state index < -0.39 is 79.1 Å². The fraction of sp³-hybridized carbons (Fsp3) is 0.516. The summed E-state index contributed by atoms with van der Waals surface area (Å²) in [6, 6.07) is 1.94. The predicted molar refractivity (Wildman–Crippen MR) is 166 cm³/mol. The highest BCUT2D eigenvalue weighted by Gasteiger charge is 2.54. The average Bonchev–Trinajstić information content (AvgIpc) is 3.74. The SMILES string of the molecule is CC1=NO[C@@]2(CC[C@H](C)N3C[C@H]2n2cc(C(=O)NCc4ccc(F)cc4F)c(=O)c(OCOC(=O)OC[C@@H]4C[C@@H]4COP(=O)(O)O)c2C3=O)C1. The van der Waals surface area contributed by atoms with Crippen molar-refractivity contribution in [1.82, 2.24) is 14.8 Å². The first-order valence-corrected chi connectivity index (χ1v) is 17.3. The summed E-state index contributed by atoms with van der Waals surface area (Å²) >= 11 is 0. The van der Waals surface area contributed by atoms with Crippen molar-refractivity contribution in [2.45, 2.75) is 63.8 Å². The quantitative estimate of drug-likeness (QED) is 0.174. The van der Waals surface area contributed by atoms with Crippen LogP contribution in [-0.2, 0) is 29.9 Å². The number of phosphoric acid groups is 1. The Kier molecular flexibility index (Phi) is 9.74. The van der Waals surface area contributed by atoms with Gasteiger partial charge in [-0.25, -0.2) is 18.1 Å². The number of nitrogens with zero attached hydrogens (tertiary/aromatic N) is 3. The normalized spacial score (nSPS) is 25.3. The Hall–Kier alpha value is -4.38. The fourth-order valence-corrected chi connectivity index (χ4v) is 6.99. The number of pyridine rings is 1. The van der Waals surface area contributed by atoms with Gasteiger partial charge in [0.1, 0.15) is 17.2 Å². The summed E-state index contributed by atoms with van der Waals surface area (Å²) in [5, 5.41) is 6.63. The highest BCUT2D eigenvalue weighted by Crippen LogP contribution is 2.47. The molecule has 2 amide bonds. The van der Waals surface area contributed by atoms with Gasteiger partial charge >= 0.3 is 14.0 Å². The zero-order valence-electron chi connectivity index (χ0n) is 27.0. The minimum atomic E-state index is -4.63. The monoisotopic (exact) mass is 724 g/mol. The van der Waals surface area contributed by atoms with E-state index in [0.29, 0.717) is 31.7 Å². The molecule has 270 valence electrons. The Morgan fingerprint density at radius 1 is 1.18 bits per heavy atom. The van der Waals surface area contributed by atoms with Crippen LogP contribution in [0.1, 0.15) is 72.0 Å². The van der Waals surface area contributed by atoms with Crippen molar-refractivity contribution in [3.05, 3.63) is 63.1 Å². The standard InChI is InChI=1S/C31H35F2N4O12P/c1-16-9-31(49-35-16)6-5-17(2)36-12-24(31)37-11-22(28(39)34-10-18-3-4-21(32)8-23(18)33)26(38)27(25(37)29(36)40)46-15-47-30(41)45-13-19-7-20(19)14-48-50(42,43)44/h3-4,8,11,17,19-20,24H,5-7,9-10,12-15H2,1-2H3,(H,34,39)(H2,42,43,44)/t17-,19-,20+,24+,31-/m0/s1. The number of benzene rings is 1. The molecule has 50 heavy (non-hydrogen) atoms. The number of oxime groups is 1. The third-order valence-corrected chi connectivity index (χ3v) is 9.93. The molecule has 4 heterocycles. The van der Waals surface area contributed by atoms with E-state index in [0.717, 1.165) is 17.8 Å². The van der Waals surface area contributed by atoms with Crippen molar-refractivity contribution >= 4 is 31.5 Å². The number of hydrogen-bond acceptors (Lipinski definition) is 11. The summed E-state index contributed by atoms with van der Waals surface area (Å²) in [6.45, 7) is 2.22. The van der Waals surface area contributed by atoms with E-state index in [1.54, 1.807) is 11.8 Å². The molecule has 1 saturated carbocycles. The van der Waals surface area contributed by atoms with Crippen molar-refractivity contribution in [3.63, 3.8) is 0 Å². The number of carbonyl (C=O) groups excluding carboxylic acids is 3. The van der Waals surface area contributed by atoms with E-state index >= 15 is 0 Å². The number of hydrogen-bond donors (Lipinski definition) is 3. The van der Waals surface area contributed by atoms with E-state index in [4.69, 9.17) is 28.8 Å². The van der Waals surface area contributed by atoms with E-state index in [9.17, 15) is 32.5 Å². The van der Waals surface area contributed by atoms with E-state index in [2.05, 4.69) is 15.0 Å². The molecule has 6 rings (SSSR count). The molecule has 3 N–H and O–H groups in total. The van der Waals surface area contributed by atoms with Gasteiger partial charge in [-0.15, -0.1) is 0 Å². The Morgan fingerprint density at radius 2 is 1.94 bits per heavy atom. The maximum Gasteiger partial charge on any atom is 0.511 e. The fourth-order valence-electron chi connectivity index (χ4n) is 6.61. The number of nitrogens with one attached hydrogen (secondary N) is 1. The summed E-state index contributed by atoms with van der Waals surface area (Å²) in [7, 11) is -4.63. The van der Waals surface area contributed by atoms with Gasteiger partial charge in [-0.3, -0.25) is 18.9 Å². The van der Waals surface area contributed by atoms with Crippen LogP contribution in [0.3, 0.4) is 0 Å².